The monoisotopic (exact) mass is 369 g/mol. The van der Waals surface area contributed by atoms with Crippen molar-refractivity contribution in [1.82, 2.24) is 9.29 Å². The van der Waals surface area contributed by atoms with Gasteiger partial charge in [0.2, 0.25) is 10.0 Å². The van der Waals surface area contributed by atoms with Crippen LogP contribution in [-0.2, 0) is 10.0 Å². The Labute approximate surface area is 149 Å². The number of aryl methyl sites for hydroxylation is 1. The Kier molecular flexibility index (Phi) is 5.25. The van der Waals surface area contributed by atoms with Crippen LogP contribution < -0.4 is 5.73 Å². The van der Waals surface area contributed by atoms with Crippen LogP contribution in [0.15, 0.2) is 35.4 Å². The first-order valence-corrected chi connectivity index (χ1v) is 9.27. The van der Waals surface area contributed by atoms with Crippen LogP contribution in [0, 0.1) is 12.3 Å². The molecule has 0 bridgehead atoms. The number of hydrogen-bond acceptors (Lipinski definition) is 4. The number of hydrogen-bond donors (Lipinski definition) is 1. The largest absolute Gasteiger partial charge is 0.327 e. The van der Waals surface area contributed by atoms with E-state index in [2.05, 4.69) is 4.98 Å². The molecule has 2 aromatic rings. The van der Waals surface area contributed by atoms with Gasteiger partial charge in [0.1, 0.15) is 0 Å². The fourth-order valence-electron chi connectivity index (χ4n) is 3.18. The van der Waals surface area contributed by atoms with Crippen LogP contribution in [0.5, 0.6) is 0 Å². The molecule has 3 rings (SSSR count). The first-order chi connectivity index (χ1) is 10.7. The summed E-state index contributed by atoms with van der Waals surface area (Å²) in [7, 11) is -3.56. The molecule has 24 heavy (non-hydrogen) atoms. The van der Waals surface area contributed by atoms with Crippen molar-refractivity contribution in [2.24, 2.45) is 11.1 Å². The maximum atomic E-state index is 13.2. The summed E-state index contributed by atoms with van der Waals surface area (Å²) in [5, 5.41) is 0.681. The number of nitrogens with zero attached hydrogens (tertiary/aromatic N) is 2. The summed E-state index contributed by atoms with van der Waals surface area (Å²) in [5.74, 6) is 0. The van der Waals surface area contributed by atoms with Gasteiger partial charge in [-0.1, -0.05) is 19.9 Å². The minimum atomic E-state index is -3.56. The zero-order valence-electron chi connectivity index (χ0n) is 14.2. The van der Waals surface area contributed by atoms with E-state index < -0.39 is 10.0 Å². The van der Waals surface area contributed by atoms with E-state index in [4.69, 9.17) is 5.73 Å². The quantitative estimate of drug-likeness (QED) is 0.882. The molecule has 1 atom stereocenters. The Balaban J connectivity index is 0.00000208. The van der Waals surface area contributed by atoms with Crippen molar-refractivity contribution in [2.75, 3.05) is 13.1 Å². The predicted octanol–water partition coefficient (Wildman–Crippen LogP) is 2.71. The molecule has 7 heteroatoms. The molecule has 0 amide bonds. The molecular weight excluding hydrogens is 346 g/mol. The van der Waals surface area contributed by atoms with E-state index in [1.54, 1.807) is 22.6 Å². The lowest BCUT2D eigenvalue weighted by atomic mass is 9.81. The van der Waals surface area contributed by atoms with Gasteiger partial charge in [0.25, 0.3) is 0 Å². The second kappa shape index (κ2) is 6.59. The van der Waals surface area contributed by atoms with Crippen molar-refractivity contribution in [3.05, 3.63) is 36.0 Å². The molecule has 1 aliphatic heterocycles. The Morgan fingerprint density at radius 2 is 2.00 bits per heavy atom. The zero-order valence-corrected chi connectivity index (χ0v) is 15.8. The summed E-state index contributed by atoms with van der Waals surface area (Å²) in [6.45, 7) is 6.88. The van der Waals surface area contributed by atoms with E-state index in [0.717, 1.165) is 11.1 Å². The van der Waals surface area contributed by atoms with Gasteiger partial charge in [-0.15, -0.1) is 12.4 Å². The van der Waals surface area contributed by atoms with Crippen molar-refractivity contribution in [2.45, 2.75) is 38.1 Å². The highest BCUT2D eigenvalue weighted by Crippen LogP contribution is 2.33. The third kappa shape index (κ3) is 3.16. The number of rotatable bonds is 2. The average molecular weight is 370 g/mol. The fraction of sp³-hybridized carbons (Fsp3) is 0.471. The molecule has 132 valence electrons. The van der Waals surface area contributed by atoms with E-state index >= 15 is 0 Å². The van der Waals surface area contributed by atoms with Gasteiger partial charge in [0.15, 0.2) is 0 Å². The minimum absolute atomic E-state index is 0. The molecule has 1 aliphatic rings. The number of halogens is 1. The highest BCUT2D eigenvalue weighted by Gasteiger charge is 2.39. The number of sulfonamides is 1. The third-order valence-corrected chi connectivity index (χ3v) is 6.73. The Morgan fingerprint density at radius 1 is 1.29 bits per heavy atom. The summed E-state index contributed by atoms with van der Waals surface area (Å²) < 4.78 is 27.9. The molecule has 1 aromatic carbocycles. The van der Waals surface area contributed by atoms with Gasteiger partial charge in [0, 0.05) is 30.7 Å². The molecule has 0 saturated carbocycles. The molecule has 5 nitrogen and oxygen atoms in total. The number of benzene rings is 1. The molecule has 2 N–H and O–H groups in total. The molecule has 0 radical (unpaired) electrons. The third-order valence-electron chi connectivity index (χ3n) is 4.83. The van der Waals surface area contributed by atoms with Gasteiger partial charge in [-0.3, -0.25) is 4.98 Å². The molecule has 2 heterocycles. The number of pyridine rings is 1. The van der Waals surface area contributed by atoms with Crippen LogP contribution in [0.3, 0.4) is 0 Å². The second-order valence-corrected chi connectivity index (χ2v) is 8.91. The highest BCUT2D eigenvalue weighted by atomic mass is 35.5. The number of fused-ring (bicyclic) bond motifs is 1. The van der Waals surface area contributed by atoms with Crippen molar-refractivity contribution >= 4 is 33.3 Å². The van der Waals surface area contributed by atoms with Crippen LogP contribution in [0.2, 0.25) is 0 Å². The van der Waals surface area contributed by atoms with Crippen molar-refractivity contribution in [3.63, 3.8) is 0 Å². The van der Waals surface area contributed by atoms with Crippen LogP contribution in [-0.4, -0.2) is 36.8 Å². The van der Waals surface area contributed by atoms with Crippen molar-refractivity contribution < 1.29 is 8.42 Å². The summed E-state index contributed by atoms with van der Waals surface area (Å²) in [6, 6.07) is 7.13. The van der Waals surface area contributed by atoms with Crippen molar-refractivity contribution in [1.29, 1.82) is 0 Å². The summed E-state index contributed by atoms with van der Waals surface area (Å²) in [6.07, 6.45) is 2.36. The number of nitrogens with two attached hydrogens (primary N) is 1. The van der Waals surface area contributed by atoms with Crippen LogP contribution in [0.4, 0.5) is 0 Å². The standard InChI is InChI=1S/C17H23N3O2S.ClH/c1-12-6-7-14(13-5-4-9-19-16(12)13)23(21,22)20-10-8-15(18)17(2,3)11-20;/h4-7,9,15H,8,10-11,18H2,1-3H3;1H. The highest BCUT2D eigenvalue weighted by molar-refractivity contribution is 7.89. The molecule has 1 aromatic heterocycles. The average Bonchev–Trinajstić information content (AvgIpc) is 2.50. The van der Waals surface area contributed by atoms with E-state index in [9.17, 15) is 8.42 Å². The molecule has 1 saturated heterocycles. The summed E-state index contributed by atoms with van der Waals surface area (Å²) in [5.41, 5.74) is 7.61. The van der Waals surface area contributed by atoms with Gasteiger partial charge in [-0.25, -0.2) is 8.42 Å². The second-order valence-electron chi connectivity index (χ2n) is 7.00. The van der Waals surface area contributed by atoms with E-state index in [1.807, 2.05) is 32.9 Å². The molecule has 1 fully saturated rings. The fourth-order valence-corrected chi connectivity index (χ4v) is 4.99. The predicted molar refractivity (Wildman–Crippen MR) is 98.9 cm³/mol. The number of piperidine rings is 1. The van der Waals surface area contributed by atoms with Gasteiger partial charge < -0.3 is 5.73 Å². The van der Waals surface area contributed by atoms with E-state index in [0.29, 0.717) is 29.8 Å². The molecular formula is C17H24ClN3O2S. The molecule has 0 spiro atoms. The Morgan fingerprint density at radius 3 is 2.67 bits per heavy atom. The lowest BCUT2D eigenvalue weighted by Gasteiger charge is -2.41. The van der Waals surface area contributed by atoms with Gasteiger partial charge in [0.05, 0.1) is 10.4 Å². The first-order valence-electron chi connectivity index (χ1n) is 7.83. The Bertz CT molecular complexity index is 852. The van der Waals surface area contributed by atoms with Gasteiger partial charge in [-0.05, 0) is 42.5 Å². The first kappa shape index (κ1) is 19.1. The smallest absolute Gasteiger partial charge is 0.243 e. The molecule has 0 aliphatic carbocycles. The lowest BCUT2D eigenvalue weighted by Crippen LogP contribution is -2.53. The Hall–Kier alpha value is -1.21. The maximum absolute atomic E-state index is 13.2. The van der Waals surface area contributed by atoms with Crippen LogP contribution in [0.1, 0.15) is 25.8 Å². The van der Waals surface area contributed by atoms with E-state index in [1.165, 1.54) is 0 Å². The van der Waals surface area contributed by atoms with Crippen LogP contribution in [0.25, 0.3) is 10.9 Å². The van der Waals surface area contributed by atoms with Gasteiger partial charge >= 0.3 is 0 Å². The summed E-state index contributed by atoms with van der Waals surface area (Å²) in [4.78, 5) is 4.67. The van der Waals surface area contributed by atoms with Crippen LogP contribution >= 0.6 is 12.4 Å². The zero-order chi connectivity index (χ0) is 16.8. The maximum Gasteiger partial charge on any atom is 0.243 e. The topological polar surface area (TPSA) is 76.3 Å². The van der Waals surface area contributed by atoms with Gasteiger partial charge in [-0.2, -0.15) is 4.31 Å². The minimum Gasteiger partial charge on any atom is -0.327 e. The number of aromatic nitrogens is 1. The molecule has 1 unspecified atom stereocenters. The van der Waals surface area contributed by atoms with E-state index in [-0.39, 0.29) is 23.9 Å². The van der Waals surface area contributed by atoms with Crippen molar-refractivity contribution in [3.8, 4) is 0 Å². The lowest BCUT2D eigenvalue weighted by molar-refractivity contribution is 0.155. The SMILES string of the molecule is Cc1ccc(S(=O)(=O)N2CCC(N)C(C)(C)C2)c2cccnc12.Cl. The normalized spacial score (nSPS) is 21.4. The summed E-state index contributed by atoms with van der Waals surface area (Å²) >= 11 is 0.